The number of aromatic nitrogens is 4. The summed E-state index contributed by atoms with van der Waals surface area (Å²) < 4.78 is 20.5. The van der Waals surface area contributed by atoms with E-state index >= 15 is 0 Å². The molecule has 0 bridgehead atoms. The number of anilines is 2. The average molecular weight is 463 g/mol. The second-order valence-corrected chi connectivity index (χ2v) is 9.34. The monoisotopic (exact) mass is 462 g/mol. The zero-order valence-electron chi connectivity index (χ0n) is 19.5. The van der Waals surface area contributed by atoms with E-state index in [-0.39, 0.29) is 12.4 Å². The Balaban J connectivity index is 1.07. The van der Waals surface area contributed by atoms with Crippen molar-refractivity contribution in [1.29, 1.82) is 0 Å². The van der Waals surface area contributed by atoms with Crippen LogP contribution in [-0.4, -0.2) is 39.6 Å². The van der Waals surface area contributed by atoms with Gasteiger partial charge in [0.05, 0.1) is 13.2 Å². The smallest absolute Gasteiger partial charge is 0.225 e. The Bertz CT molecular complexity index is 1120. The van der Waals surface area contributed by atoms with E-state index in [0.717, 1.165) is 37.3 Å². The predicted octanol–water partition coefficient (Wildman–Crippen LogP) is 4.29. The van der Waals surface area contributed by atoms with Crippen LogP contribution in [0.4, 0.5) is 16.2 Å². The van der Waals surface area contributed by atoms with Gasteiger partial charge < -0.3 is 15.4 Å². The molecule has 1 saturated heterocycles. The number of aryl methyl sites for hydroxylation is 1. The van der Waals surface area contributed by atoms with Crippen molar-refractivity contribution in [2.45, 2.75) is 39.2 Å². The fourth-order valence-corrected chi connectivity index (χ4v) is 4.96. The van der Waals surface area contributed by atoms with E-state index in [9.17, 15) is 4.39 Å². The summed E-state index contributed by atoms with van der Waals surface area (Å²) in [6.45, 7) is 5.09. The number of nitrogens with two attached hydrogens (primary N) is 1. The van der Waals surface area contributed by atoms with Crippen LogP contribution in [0.15, 0.2) is 43.0 Å². The van der Waals surface area contributed by atoms with Crippen LogP contribution >= 0.6 is 0 Å². The first kappa shape index (κ1) is 22.7. The first-order chi connectivity index (χ1) is 16.6. The highest BCUT2D eigenvalue weighted by Gasteiger charge is 2.43. The van der Waals surface area contributed by atoms with Gasteiger partial charge in [0.2, 0.25) is 5.95 Å². The number of nitrogen functional groups attached to an aromatic ring is 1. The Morgan fingerprint density at radius 2 is 1.85 bits per heavy atom. The summed E-state index contributed by atoms with van der Waals surface area (Å²) in [6.07, 6.45) is 11.4. The topological polar surface area (TPSA) is 90.0 Å². The molecular formula is C26H31FN6O. The van der Waals surface area contributed by atoms with E-state index in [0.29, 0.717) is 35.2 Å². The van der Waals surface area contributed by atoms with Crippen molar-refractivity contribution in [1.82, 2.24) is 19.9 Å². The second kappa shape index (κ2) is 10.0. The van der Waals surface area contributed by atoms with E-state index < -0.39 is 0 Å². The van der Waals surface area contributed by atoms with Crippen molar-refractivity contribution in [3.63, 3.8) is 0 Å². The first-order valence-electron chi connectivity index (χ1n) is 12.1. The van der Waals surface area contributed by atoms with Crippen LogP contribution < -0.4 is 10.6 Å². The molecule has 2 fully saturated rings. The molecule has 2 unspecified atom stereocenters. The summed E-state index contributed by atoms with van der Waals surface area (Å²) in [5.74, 6) is 2.86. The Morgan fingerprint density at radius 1 is 1.09 bits per heavy atom. The fraction of sp³-hybridized carbons (Fsp3) is 0.462. The predicted molar refractivity (Wildman–Crippen MR) is 129 cm³/mol. The largest absolute Gasteiger partial charge is 0.382 e. The molecule has 1 aliphatic heterocycles. The van der Waals surface area contributed by atoms with Crippen LogP contribution in [0.5, 0.6) is 0 Å². The molecule has 8 heteroatoms. The van der Waals surface area contributed by atoms with Crippen LogP contribution in [-0.2, 0) is 17.8 Å². The molecule has 178 valence electrons. The van der Waals surface area contributed by atoms with Crippen molar-refractivity contribution >= 4 is 11.8 Å². The SMILES string of the molecule is CCc1cnc(N2CCC(C3CC3COCc3ccc(-c4nccnc4N)cc3F)CC2)nc1. The third-order valence-corrected chi connectivity index (χ3v) is 7.15. The Hall–Kier alpha value is -3.13. The molecule has 2 N–H and O–H groups in total. The third kappa shape index (κ3) is 5.01. The summed E-state index contributed by atoms with van der Waals surface area (Å²) in [7, 11) is 0. The molecule has 0 radical (unpaired) electrons. The van der Waals surface area contributed by atoms with Gasteiger partial charge in [0.1, 0.15) is 17.3 Å². The highest BCUT2D eigenvalue weighted by Crippen LogP contribution is 2.48. The van der Waals surface area contributed by atoms with Gasteiger partial charge in [-0.05, 0) is 55.1 Å². The maximum absolute atomic E-state index is 14.6. The fourth-order valence-electron chi connectivity index (χ4n) is 4.96. The molecule has 0 amide bonds. The van der Waals surface area contributed by atoms with Crippen LogP contribution in [0.2, 0.25) is 0 Å². The van der Waals surface area contributed by atoms with Crippen LogP contribution in [0.25, 0.3) is 11.3 Å². The van der Waals surface area contributed by atoms with E-state index in [1.165, 1.54) is 37.1 Å². The highest BCUT2D eigenvalue weighted by molar-refractivity contribution is 5.69. The molecular weight excluding hydrogens is 431 g/mol. The lowest BCUT2D eigenvalue weighted by Gasteiger charge is -2.32. The van der Waals surface area contributed by atoms with Crippen molar-refractivity contribution in [3.05, 3.63) is 59.9 Å². The number of benzene rings is 1. The number of hydrogen-bond donors (Lipinski definition) is 1. The van der Waals surface area contributed by atoms with Crippen LogP contribution in [0, 0.1) is 23.6 Å². The molecule has 1 aromatic carbocycles. The number of piperidine rings is 1. The molecule has 34 heavy (non-hydrogen) atoms. The van der Waals surface area contributed by atoms with Gasteiger partial charge in [0, 0.05) is 49.0 Å². The lowest BCUT2D eigenvalue weighted by molar-refractivity contribution is 0.102. The number of nitrogens with zero attached hydrogens (tertiary/aromatic N) is 5. The molecule has 0 spiro atoms. The molecule has 1 saturated carbocycles. The molecule has 3 aromatic rings. The summed E-state index contributed by atoms with van der Waals surface area (Å²) in [5, 5.41) is 0. The Kier molecular flexibility index (Phi) is 6.67. The summed E-state index contributed by atoms with van der Waals surface area (Å²) in [4.78, 5) is 19.6. The maximum atomic E-state index is 14.6. The zero-order chi connectivity index (χ0) is 23.5. The molecule has 7 nitrogen and oxygen atoms in total. The third-order valence-electron chi connectivity index (χ3n) is 7.15. The van der Waals surface area contributed by atoms with Crippen LogP contribution in [0.1, 0.15) is 37.3 Å². The van der Waals surface area contributed by atoms with Crippen molar-refractivity contribution in [2.24, 2.45) is 17.8 Å². The van der Waals surface area contributed by atoms with Gasteiger partial charge in [0.15, 0.2) is 0 Å². The number of hydrogen-bond acceptors (Lipinski definition) is 7. The minimum absolute atomic E-state index is 0.273. The van der Waals surface area contributed by atoms with Crippen molar-refractivity contribution in [2.75, 3.05) is 30.3 Å². The molecule has 3 heterocycles. The maximum Gasteiger partial charge on any atom is 0.225 e. The molecule has 2 atom stereocenters. The van der Waals surface area contributed by atoms with Gasteiger partial charge in [-0.1, -0.05) is 19.1 Å². The van der Waals surface area contributed by atoms with E-state index in [2.05, 4.69) is 31.8 Å². The standard InChI is InChI=1S/C26H31FN6O/c1-2-17-13-31-26(32-14-17)33-9-5-18(6-10-33)22-11-21(22)16-34-15-20-4-3-19(12-23(20)27)24-25(28)30-8-7-29-24/h3-4,7-8,12-14,18,21-22H,2,5-6,9-11,15-16H2,1H3,(H2,28,30). The van der Waals surface area contributed by atoms with Gasteiger partial charge in [0.25, 0.3) is 0 Å². The van der Waals surface area contributed by atoms with Crippen molar-refractivity contribution in [3.8, 4) is 11.3 Å². The average Bonchev–Trinajstić information content (AvgIpc) is 3.65. The molecule has 2 aromatic heterocycles. The molecule has 1 aliphatic carbocycles. The van der Waals surface area contributed by atoms with E-state index in [1.807, 2.05) is 18.5 Å². The van der Waals surface area contributed by atoms with E-state index in [1.54, 1.807) is 12.3 Å². The summed E-state index contributed by atoms with van der Waals surface area (Å²) >= 11 is 0. The van der Waals surface area contributed by atoms with Gasteiger partial charge in [-0.2, -0.15) is 0 Å². The zero-order valence-corrected chi connectivity index (χ0v) is 19.5. The Morgan fingerprint density at radius 3 is 2.56 bits per heavy atom. The Labute approximate surface area is 199 Å². The second-order valence-electron chi connectivity index (χ2n) is 9.34. The lowest BCUT2D eigenvalue weighted by Crippen LogP contribution is -2.35. The quantitative estimate of drug-likeness (QED) is 0.534. The number of rotatable bonds is 8. The van der Waals surface area contributed by atoms with E-state index in [4.69, 9.17) is 10.5 Å². The minimum atomic E-state index is -0.309. The summed E-state index contributed by atoms with van der Waals surface area (Å²) in [6, 6.07) is 5.01. The summed E-state index contributed by atoms with van der Waals surface area (Å²) in [5.41, 5.74) is 8.68. The van der Waals surface area contributed by atoms with Crippen molar-refractivity contribution < 1.29 is 9.13 Å². The lowest BCUT2D eigenvalue weighted by atomic mass is 9.91. The number of ether oxygens (including phenoxy) is 1. The van der Waals surface area contributed by atoms with Gasteiger partial charge in [-0.15, -0.1) is 0 Å². The van der Waals surface area contributed by atoms with Gasteiger partial charge >= 0.3 is 0 Å². The molecule has 5 rings (SSSR count). The molecule has 2 aliphatic rings. The first-order valence-corrected chi connectivity index (χ1v) is 12.1. The van der Waals surface area contributed by atoms with Gasteiger partial charge in [-0.25, -0.2) is 19.3 Å². The minimum Gasteiger partial charge on any atom is -0.382 e. The number of halogens is 1. The normalized spacial score (nSPS) is 20.5. The van der Waals surface area contributed by atoms with Gasteiger partial charge in [-0.3, -0.25) is 4.98 Å². The van der Waals surface area contributed by atoms with Crippen LogP contribution in [0.3, 0.4) is 0 Å². The highest BCUT2D eigenvalue weighted by atomic mass is 19.1.